The molecule has 1 amide bonds. The van der Waals surface area contributed by atoms with Crippen LogP contribution in [0.15, 0.2) is 24.3 Å². The van der Waals surface area contributed by atoms with Crippen LogP contribution in [-0.4, -0.2) is 50.7 Å². The van der Waals surface area contributed by atoms with Crippen LogP contribution in [0.25, 0.3) is 0 Å². The molecule has 4 nitrogen and oxygen atoms in total. The minimum absolute atomic E-state index is 0.0402. The summed E-state index contributed by atoms with van der Waals surface area (Å²) < 4.78 is 5.11. The Morgan fingerprint density at radius 3 is 2.82 bits per heavy atom. The van der Waals surface area contributed by atoms with Crippen molar-refractivity contribution in [3.63, 3.8) is 0 Å². The maximum Gasteiger partial charge on any atom is 0.251 e. The van der Waals surface area contributed by atoms with Gasteiger partial charge in [0, 0.05) is 32.3 Å². The van der Waals surface area contributed by atoms with Gasteiger partial charge in [0.05, 0.1) is 6.61 Å². The molecule has 1 N–H and O–H groups in total. The highest BCUT2D eigenvalue weighted by molar-refractivity contribution is 5.94. The molecule has 1 aliphatic heterocycles. The number of hydrogen-bond donors (Lipinski definition) is 1. The van der Waals surface area contributed by atoms with Crippen molar-refractivity contribution in [3.05, 3.63) is 35.4 Å². The molecule has 1 aromatic rings. The molecule has 22 heavy (non-hydrogen) atoms. The standard InChI is InChI=1S/C18H28N2O2/c1-3-4-15-5-7-17(8-6-15)18(21)19-13-16-9-10-20(14-16)11-12-22-2/h5-8,16H,3-4,9-14H2,1-2H3,(H,19,21). The average Bonchev–Trinajstić information content (AvgIpc) is 2.99. The summed E-state index contributed by atoms with van der Waals surface area (Å²) in [5.74, 6) is 0.596. The van der Waals surface area contributed by atoms with Crippen LogP contribution in [0.2, 0.25) is 0 Å². The molecule has 1 fully saturated rings. The number of likely N-dealkylation sites (tertiary alicyclic amines) is 1. The molecule has 0 spiro atoms. The highest BCUT2D eigenvalue weighted by Gasteiger charge is 2.22. The quantitative estimate of drug-likeness (QED) is 0.801. The maximum atomic E-state index is 12.2. The molecule has 0 radical (unpaired) electrons. The number of hydrogen-bond acceptors (Lipinski definition) is 3. The van der Waals surface area contributed by atoms with E-state index in [1.807, 2.05) is 12.1 Å². The van der Waals surface area contributed by atoms with Crippen molar-refractivity contribution in [1.82, 2.24) is 10.2 Å². The van der Waals surface area contributed by atoms with Crippen molar-refractivity contribution in [2.75, 3.05) is 39.9 Å². The first-order valence-corrected chi connectivity index (χ1v) is 8.31. The van der Waals surface area contributed by atoms with Gasteiger partial charge in [0.25, 0.3) is 5.91 Å². The molecule has 1 aromatic carbocycles. The monoisotopic (exact) mass is 304 g/mol. The molecule has 1 saturated heterocycles. The predicted octanol–water partition coefficient (Wildman–Crippen LogP) is 2.34. The number of carbonyl (C=O) groups excluding carboxylic acids is 1. The summed E-state index contributed by atoms with van der Waals surface area (Å²) in [5.41, 5.74) is 2.05. The lowest BCUT2D eigenvalue weighted by molar-refractivity contribution is 0.0946. The predicted molar refractivity (Wildman–Crippen MR) is 89.2 cm³/mol. The van der Waals surface area contributed by atoms with Crippen LogP contribution in [0, 0.1) is 5.92 Å². The highest BCUT2D eigenvalue weighted by atomic mass is 16.5. The second-order valence-corrected chi connectivity index (χ2v) is 6.11. The van der Waals surface area contributed by atoms with Crippen LogP contribution in [0.4, 0.5) is 0 Å². The van der Waals surface area contributed by atoms with Gasteiger partial charge in [-0.15, -0.1) is 0 Å². The first-order valence-electron chi connectivity index (χ1n) is 8.31. The van der Waals surface area contributed by atoms with E-state index < -0.39 is 0 Å². The molecule has 0 aliphatic carbocycles. The molecular formula is C18H28N2O2. The Morgan fingerprint density at radius 2 is 2.14 bits per heavy atom. The van der Waals surface area contributed by atoms with E-state index >= 15 is 0 Å². The Hall–Kier alpha value is -1.39. The summed E-state index contributed by atoms with van der Waals surface area (Å²) in [6.07, 6.45) is 3.35. The van der Waals surface area contributed by atoms with E-state index in [-0.39, 0.29) is 5.91 Å². The van der Waals surface area contributed by atoms with E-state index in [9.17, 15) is 4.79 Å². The third-order valence-electron chi connectivity index (χ3n) is 4.29. The molecular weight excluding hydrogens is 276 g/mol. The van der Waals surface area contributed by atoms with Crippen LogP contribution >= 0.6 is 0 Å². The minimum atomic E-state index is 0.0402. The number of benzene rings is 1. The zero-order chi connectivity index (χ0) is 15.8. The Labute approximate surface area is 133 Å². The van der Waals surface area contributed by atoms with E-state index in [1.165, 1.54) is 5.56 Å². The Bertz CT molecular complexity index is 459. The topological polar surface area (TPSA) is 41.6 Å². The molecule has 1 atom stereocenters. The lowest BCUT2D eigenvalue weighted by atomic mass is 10.1. The molecule has 1 aliphatic rings. The van der Waals surface area contributed by atoms with Crippen molar-refractivity contribution in [1.29, 1.82) is 0 Å². The first-order chi connectivity index (χ1) is 10.7. The van der Waals surface area contributed by atoms with Gasteiger partial charge in [0.1, 0.15) is 0 Å². The van der Waals surface area contributed by atoms with Gasteiger partial charge < -0.3 is 15.0 Å². The third-order valence-corrected chi connectivity index (χ3v) is 4.29. The summed E-state index contributed by atoms with van der Waals surface area (Å²) in [5, 5.41) is 3.07. The Morgan fingerprint density at radius 1 is 1.36 bits per heavy atom. The van der Waals surface area contributed by atoms with Gasteiger partial charge >= 0.3 is 0 Å². The van der Waals surface area contributed by atoms with Crippen molar-refractivity contribution < 1.29 is 9.53 Å². The second-order valence-electron chi connectivity index (χ2n) is 6.11. The number of nitrogens with zero attached hydrogens (tertiary/aromatic N) is 1. The minimum Gasteiger partial charge on any atom is -0.383 e. The highest BCUT2D eigenvalue weighted by Crippen LogP contribution is 2.15. The summed E-state index contributed by atoms with van der Waals surface area (Å²) in [4.78, 5) is 14.6. The number of nitrogens with one attached hydrogen (secondary N) is 1. The number of rotatable bonds is 8. The largest absolute Gasteiger partial charge is 0.383 e. The maximum absolute atomic E-state index is 12.2. The summed E-state index contributed by atoms with van der Waals surface area (Å²) in [6.45, 7) is 6.86. The zero-order valence-corrected chi connectivity index (χ0v) is 13.8. The zero-order valence-electron chi connectivity index (χ0n) is 13.8. The van der Waals surface area contributed by atoms with Crippen molar-refractivity contribution in [2.45, 2.75) is 26.2 Å². The fraction of sp³-hybridized carbons (Fsp3) is 0.611. The van der Waals surface area contributed by atoms with E-state index in [4.69, 9.17) is 4.74 Å². The smallest absolute Gasteiger partial charge is 0.251 e. The molecule has 0 aromatic heterocycles. The van der Waals surface area contributed by atoms with Gasteiger partial charge in [-0.2, -0.15) is 0 Å². The Kier molecular flexibility index (Phi) is 6.87. The molecule has 0 saturated carbocycles. The van der Waals surface area contributed by atoms with Crippen molar-refractivity contribution >= 4 is 5.91 Å². The third kappa shape index (κ3) is 5.11. The lowest BCUT2D eigenvalue weighted by Gasteiger charge is -2.15. The van der Waals surface area contributed by atoms with E-state index in [0.717, 1.165) is 57.6 Å². The van der Waals surface area contributed by atoms with Gasteiger partial charge in [0.2, 0.25) is 0 Å². The lowest BCUT2D eigenvalue weighted by Crippen LogP contribution is -2.31. The van der Waals surface area contributed by atoms with Gasteiger partial charge in [-0.1, -0.05) is 25.5 Å². The van der Waals surface area contributed by atoms with Gasteiger partial charge in [-0.25, -0.2) is 0 Å². The van der Waals surface area contributed by atoms with Crippen LogP contribution in [0.5, 0.6) is 0 Å². The van der Waals surface area contributed by atoms with E-state index in [1.54, 1.807) is 7.11 Å². The van der Waals surface area contributed by atoms with Crippen LogP contribution in [0.1, 0.15) is 35.7 Å². The number of ether oxygens (including phenoxy) is 1. The van der Waals surface area contributed by atoms with Crippen LogP contribution < -0.4 is 5.32 Å². The van der Waals surface area contributed by atoms with E-state index in [2.05, 4.69) is 29.3 Å². The number of carbonyl (C=O) groups is 1. The second kappa shape index (κ2) is 8.91. The van der Waals surface area contributed by atoms with Crippen LogP contribution in [0.3, 0.4) is 0 Å². The summed E-state index contributed by atoms with van der Waals surface area (Å²) in [6, 6.07) is 7.97. The summed E-state index contributed by atoms with van der Waals surface area (Å²) >= 11 is 0. The van der Waals surface area contributed by atoms with Crippen molar-refractivity contribution in [2.24, 2.45) is 5.92 Å². The first kappa shape index (κ1) is 17.0. The fourth-order valence-electron chi connectivity index (χ4n) is 2.95. The average molecular weight is 304 g/mol. The molecule has 122 valence electrons. The van der Waals surface area contributed by atoms with Crippen LogP contribution in [-0.2, 0) is 11.2 Å². The Balaban J connectivity index is 1.73. The normalized spacial score (nSPS) is 18.5. The van der Waals surface area contributed by atoms with Crippen molar-refractivity contribution in [3.8, 4) is 0 Å². The summed E-state index contributed by atoms with van der Waals surface area (Å²) in [7, 11) is 1.74. The molecule has 0 bridgehead atoms. The molecule has 1 heterocycles. The number of aryl methyl sites for hydroxylation is 1. The molecule has 4 heteroatoms. The van der Waals surface area contributed by atoms with E-state index in [0.29, 0.717) is 5.92 Å². The number of methoxy groups -OCH3 is 1. The molecule has 2 rings (SSSR count). The van der Waals surface area contributed by atoms with Gasteiger partial charge in [-0.3, -0.25) is 4.79 Å². The molecule has 1 unspecified atom stereocenters. The van der Waals surface area contributed by atoms with Gasteiger partial charge in [0.15, 0.2) is 0 Å². The fourth-order valence-corrected chi connectivity index (χ4v) is 2.95. The SMILES string of the molecule is CCCc1ccc(C(=O)NCC2CCN(CCOC)C2)cc1. The number of amides is 1. The van der Waals surface area contributed by atoms with Gasteiger partial charge in [-0.05, 0) is 43.0 Å².